The third-order valence-corrected chi connectivity index (χ3v) is 4.04. The summed E-state index contributed by atoms with van der Waals surface area (Å²) in [5.74, 6) is 0. The fourth-order valence-corrected chi connectivity index (χ4v) is 2.61. The lowest BCUT2D eigenvalue weighted by Crippen LogP contribution is -2.08. The standard InChI is InChI=1S/C16H17Cl2N/c1-10-7-8-15(11(2)9-10)19-12(3)13-5-4-6-14(17)16(13)18/h4-9,12,19H,1-3H3. The molecular weight excluding hydrogens is 277 g/mol. The number of hydrogen-bond donors (Lipinski definition) is 1. The molecular formula is C16H17Cl2N. The van der Waals surface area contributed by atoms with Crippen molar-refractivity contribution in [1.82, 2.24) is 0 Å². The zero-order valence-corrected chi connectivity index (χ0v) is 12.8. The van der Waals surface area contributed by atoms with Crippen molar-refractivity contribution in [3.8, 4) is 0 Å². The minimum Gasteiger partial charge on any atom is -0.378 e. The molecule has 1 atom stereocenters. The van der Waals surface area contributed by atoms with Crippen molar-refractivity contribution in [3.63, 3.8) is 0 Å². The van der Waals surface area contributed by atoms with Gasteiger partial charge in [0.25, 0.3) is 0 Å². The molecule has 0 aliphatic rings. The van der Waals surface area contributed by atoms with Crippen LogP contribution in [0.25, 0.3) is 0 Å². The lowest BCUT2D eigenvalue weighted by atomic mass is 10.1. The van der Waals surface area contributed by atoms with Gasteiger partial charge in [-0.1, -0.05) is 53.0 Å². The molecule has 0 aliphatic carbocycles. The molecule has 3 heteroatoms. The molecule has 2 rings (SSSR count). The molecule has 2 aromatic carbocycles. The average Bonchev–Trinajstić information content (AvgIpc) is 2.36. The number of aryl methyl sites for hydroxylation is 2. The molecule has 0 bridgehead atoms. The van der Waals surface area contributed by atoms with Crippen LogP contribution < -0.4 is 5.32 Å². The van der Waals surface area contributed by atoms with Crippen molar-refractivity contribution in [2.45, 2.75) is 26.8 Å². The minimum absolute atomic E-state index is 0.104. The van der Waals surface area contributed by atoms with Crippen LogP contribution in [0.1, 0.15) is 29.7 Å². The fourth-order valence-electron chi connectivity index (χ4n) is 2.14. The van der Waals surface area contributed by atoms with Crippen LogP contribution in [0.15, 0.2) is 36.4 Å². The van der Waals surface area contributed by atoms with E-state index in [-0.39, 0.29) is 6.04 Å². The highest BCUT2D eigenvalue weighted by atomic mass is 35.5. The summed E-state index contributed by atoms with van der Waals surface area (Å²) in [5, 5.41) is 4.69. The van der Waals surface area contributed by atoms with E-state index in [1.807, 2.05) is 12.1 Å². The summed E-state index contributed by atoms with van der Waals surface area (Å²) >= 11 is 12.3. The Hall–Kier alpha value is -1.18. The Morgan fingerprint density at radius 3 is 2.47 bits per heavy atom. The minimum atomic E-state index is 0.104. The third kappa shape index (κ3) is 3.23. The average molecular weight is 294 g/mol. The highest BCUT2D eigenvalue weighted by Crippen LogP contribution is 2.32. The van der Waals surface area contributed by atoms with E-state index < -0.39 is 0 Å². The Labute approximate surface area is 124 Å². The Balaban J connectivity index is 2.25. The molecule has 0 radical (unpaired) electrons. The first-order chi connectivity index (χ1) is 8.99. The first-order valence-corrected chi connectivity index (χ1v) is 7.02. The smallest absolute Gasteiger partial charge is 0.0644 e. The van der Waals surface area contributed by atoms with Crippen LogP contribution in [0.5, 0.6) is 0 Å². The highest BCUT2D eigenvalue weighted by molar-refractivity contribution is 6.42. The lowest BCUT2D eigenvalue weighted by Gasteiger charge is -2.19. The molecule has 0 aromatic heterocycles. The summed E-state index contributed by atoms with van der Waals surface area (Å²) < 4.78 is 0. The molecule has 0 spiro atoms. The van der Waals surface area contributed by atoms with Crippen molar-refractivity contribution < 1.29 is 0 Å². The predicted molar refractivity (Wildman–Crippen MR) is 84.4 cm³/mol. The van der Waals surface area contributed by atoms with Gasteiger partial charge >= 0.3 is 0 Å². The Morgan fingerprint density at radius 1 is 1.05 bits per heavy atom. The van der Waals surface area contributed by atoms with Gasteiger partial charge in [-0.05, 0) is 44.0 Å². The van der Waals surface area contributed by atoms with E-state index in [1.165, 1.54) is 11.1 Å². The van der Waals surface area contributed by atoms with Crippen molar-refractivity contribution in [3.05, 3.63) is 63.1 Å². The molecule has 100 valence electrons. The molecule has 1 N–H and O–H groups in total. The van der Waals surface area contributed by atoms with Gasteiger partial charge in [-0.15, -0.1) is 0 Å². The van der Waals surface area contributed by atoms with Gasteiger partial charge in [-0.25, -0.2) is 0 Å². The summed E-state index contributed by atoms with van der Waals surface area (Å²) in [7, 11) is 0. The second-order valence-electron chi connectivity index (χ2n) is 4.83. The van der Waals surface area contributed by atoms with E-state index in [2.05, 4.69) is 44.3 Å². The van der Waals surface area contributed by atoms with Gasteiger partial charge in [0.2, 0.25) is 0 Å². The second-order valence-corrected chi connectivity index (χ2v) is 5.61. The molecule has 0 saturated carbocycles. The van der Waals surface area contributed by atoms with Crippen LogP contribution in [0, 0.1) is 13.8 Å². The monoisotopic (exact) mass is 293 g/mol. The largest absolute Gasteiger partial charge is 0.378 e. The first kappa shape index (κ1) is 14.2. The van der Waals surface area contributed by atoms with Crippen LogP contribution >= 0.6 is 23.2 Å². The Morgan fingerprint density at radius 2 is 1.79 bits per heavy atom. The fraction of sp³-hybridized carbons (Fsp3) is 0.250. The van der Waals surface area contributed by atoms with E-state index >= 15 is 0 Å². The molecule has 1 unspecified atom stereocenters. The molecule has 0 aliphatic heterocycles. The van der Waals surface area contributed by atoms with Gasteiger partial charge in [0, 0.05) is 5.69 Å². The Bertz CT molecular complexity index is 593. The molecule has 19 heavy (non-hydrogen) atoms. The number of nitrogens with one attached hydrogen (secondary N) is 1. The molecule has 2 aromatic rings. The van der Waals surface area contributed by atoms with Crippen LogP contribution in [0.2, 0.25) is 10.0 Å². The molecule has 0 heterocycles. The predicted octanol–water partition coefficient (Wildman–Crippen LogP) is 5.78. The third-order valence-electron chi connectivity index (χ3n) is 3.20. The second kappa shape index (κ2) is 5.85. The van der Waals surface area contributed by atoms with Crippen LogP contribution in [-0.2, 0) is 0 Å². The van der Waals surface area contributed by atoms with E-state index in [0.29, 0.717) is 10.0 Å². The van der Waals surface area contributed by atoms with Gasteiger partial charge in [0.1, 0.15) is 0 Å². The normalized spacial score (nSPS) is 12.3. The van der Waals surface area contributed by atoms with Gasteiger partial charge in [-0.3, -0.25) is 0 Å². The summed E-state index contributed by atoms with van der Waals surface area (Å²) in [6.07, 6.45) is 0. The highest BCUT2D eigenvalue weighted by Gasteiger charge is 2.12. The van der Waals surface area contributed by atoms with Gasteiger partial charge in [0.05, 0.1) is 16.1 Å². The van der Waals surface area contributed by atoms with E-state index in [4.69, 9.17) is 23.2 Å². The van der Waals surface area contributed by atoms with E-state index in [1.54, 1.807) is 6.07 Å². The van der Waals surface area contributed by atoms with E-state index in [0.717, 1.165) is 11.3 Å². The van der Waals surface area contributed by atoms with Crippen molar-refractivity contribution in [1.29, 1.82) is 0 Å². The summed E-state index contributed by atoms with van der Waals surface area (Å²) in [5.41, 5.74) is 4.62. The van der Waals surface area contributed by atoms with Crippen molar-refractivity contribution >= 4 is 28.9 Å². The number of hydrogen-bond acceptors (Lipinski definition) is 1. The summed E-state index contributed by atoms with van der Waals surface area (Å²) in [4.78, 5) is 0. The quantitative estimate of drug-likeness (QED) is 0.756. The molecule has 0 amide bonds. The first-order valence-electron chi connectivity index (χ1n) is 6.26. The van der Waals surface area contributed by atoms with Gasteiger partial charge < -0.3 is 5.32 Å². The lowest BCUT2D eigenvalue weighted by molar-refractivity contribution is 0.883. The molecule has 0 saturated heterocycles. The van der Waals surface area contributed by atoms with Gasteiger partial charge in [-0.2, -0.15) is 0 Å². The van der Waals surface area contributed by atoms with Crippen LogP contribution in [0.4, 0.5) is 5.69 Å². The molecule has 1 nitrogen and oxygen atoms in total. The SMILES string of the molecule is Cc1ccc(NC(C)c2cccc(Cl)c2Cl)c(C)c1. The van der Waals surface area contributed by atoms with E-state index in [9.17, 15) is 0 Å². The van der Waals surface area contributed by atoms with Crippen LogP contribution in [0.3, 0.4) is 0 Å². The van der Waals surface area contributed by atoms with Crippen molar-refractivity contribution in [2.24, 2.45) is 0 Å². The maximum Gasteiger partial charge on any atom is 0.0644 e. The maximum absolute atomic E-state index is 6.25. The van der Waals surface area contributed by atoms with Gasteiger partial charge in [0.15, 0.2) is 0 Å². The zero-order valence-electron chi connectivity index (χ0n) is 11.3. The number of benzene rings is 2. The molecule has 0 fully saturated rings. The number of halogens is 2. The summed E-state index contributed by atoms with van der Waals surface area (Å²) in [6, 6.07) is 12.2. The topological polar surface area (TPSA) is 12.0 Å². The Kier molecular flexibility index (Phi) is 4.38. The number of anilines is 1. The summed E-state index contributed by atoms with van der Waals surface area (Å²) in [6.45, 7) is 6.27. The maximum atomic E-state index is 6.25. The van der Waals surface area contributed by atoms with Crippen molar-refractivity contribution in [2.75, 3.05) is 5.32 Å². The zero-order chi connectivity index (χ0) is 14.0. The number of rotatable bonds is 3. The van der Waals surface area contributed by atoms with Crippen LogP contribution in [-0.4, -0.2) is 0 Å².